The molecule has 1 N–H and O–H groups in total. The van der Waals surface area contributed by atoms with Crippen LogP contribution in [0.2, 0.25) is 10.0 Å². The number of ether oxygens (including phenoxy) is 1. The van der Waals surface area contributed by atoms with Crippen molar-refractivity contribution in [1.29, 1.82) is 0 Å². The maximum atomic E-state index is 13.6. The van der Waals surface area contributed by atoms with Crippen molar-refractivity contribution in [2.75, 3.05) is 4.90 Å². The van der Waals surface area contributed by atoms with Crippen LogP contribution in [0.1, 0.15) is 46.3 Å². The standard InChI is InChI=1S/C36H29Cl2N3O4S2/c1-3-22-8-10-23(11-9-22)31-30(32(42)24-13-16-28(17-14-24)45-19-25-7-5-4-6-21(25)2)33(43)34(44)41(31)35-39-40-36(47-35)46-20-26-12-15-27(37)18-29(26)38/h4-18,31,42H,3,19-20H2,1-2H3. The zero-order valence-corrected chi connectivity index (χ0v) is 28.6. The number of aryl methyl sites for hydroxylation is 2. The van der Waals surface area contributed by atoms with Crippen molar-refractivity contribution in [3.05, 3.63) is 140 Å². The molecule has 1 unspecified atom stereocenters. The topological polar surface area (TPSA) is 92.6 Å². The fourth-order valence-electron chi connectivity index (χ4n) is 5.21. The Bertz CT molecular complexity index is 1980. The highest BCUT2D eigenvalue weighted by Gasteiger charge is 2.48. The molecule has 1 atom stereocenters. The van der Waals surface area contributed by atoms with Gasteiger partial charge in [-0.25, -0.2) is 0 Å². The minimum atomic E-state index is -0.908. The van der Waals surface area contributed by atoms with Gasteiger partial charge >= 0.3 is 5.91 Å². The number of ketones is 1. The summed E-state index contributed by atoms with van der Waals surface area (Å²) in [6.45, 7) is 4.47. The fourth-order valence-corrected chi connectivity index (χ4v) is 7.64. The first kappa shape index (κ1) is 32.8. The summed E-state index contributed by atoms with van der Waals surface area (Å²) >= 11 is 15.0. The van der Waals surface area contributed by atoms with Crippen LogP contribution >= 0.6 is 46.3 Å². The molecule has 0 spiro atoms. The second-order valence-corrected chi connectivity index (χ2v) is 13.9. The van der Waals surface area contributed by atoms with Crippen molar-refractivity contribution >= 4 is 68.9 Å². The Hall–Kier alpha value is -4.15. The van der Waals surface area contributed by atoms with Crippen molar-refractivity contribution in [3.8, 4) is 5.75 Å². The van der Waals surface area contributed by atoms with E-state index in [0.29, 0.717) is 43.6 Å². The predicted octanol–water partition coefficient (Wildman–Crippen LogP) is 9.21. The summed E-state index contributed by atoms with van der Waals surface area (Å²) in [7, 11) is 0. The van der Waals surface area contributed by atoms with Crippen LogP contribution in [0.3, 0.4) is 0 Å². The number of anilines is 1. The number of aliphatic hydroxyl groups is 1. The van der Waals surface area contributed by atoms with Crippen molar-refractivity contribution in [1.82, 2.24) is 10.2 Å². The molecule has 47 heavy (non-hydrogen) atoms. The molecular weight excluding hydrogens is 673 g/mol. The molecule has 11 heteroatoms. The van der Waals surface area contributed by atoms with Crippen LogP contribution in [0.5, 0.6) is 5.75 Å². The van der Waals surface area contributed by atoms with Gasteiger partial charge in [-0.1, -0.05) is 108 Å². The van der Waals surface area contributed by atoms with E-state index in [0.717, 1.165) is 28.7 Å². The Morgan fingerprint density at radius 1 is 0.957 bits per heavy atom. The third kappa shape index (κ3) is 7.09. The summed E-state index contributed by atoms with van der Waals surface area (Å²) in [5.74, 6) is -0.754. The number of nitrogens with zero attached hydrogens (tertiary/aromatic N) is 3. The molecule has 1 aliphatic heterocycles. The fraction of sp³-hybridized carbons (Fsp3) is 0.167. The molecule has 1 saturated heterocycles. The smallest absolute Gasteiger partial charge is 0.301 e. The number of hydrogen-bond acceptors (Lipinski definition) is 8. The molecule has 0 bridgehead atoms. The minimum Gasteiger partial charge on any atom is -0.507 e. The van der Waals surface area contributed by atoms with Crippen molar-refractivity contribution < 1.29 is 19.4 Å². The van der Waals surface area contributed by atoms with E-state index in [9.17, 15) is 14.7 Å². The highest BCUT2D eigenvalue weighted by Crippen LogP contribution is 2.44. The highest BCUT2D eigenvalue weighted by atomic mass is 35.5. The van der Waals surface area contributed by atoms with Crippen LogP contribution in [-0.2, 0) is 28.4 Å². The lowest BCUT2D eigenvalue weighted by molar-refractivity contribution is -0.132. The van der Waals surface area contributed by atoms with E-state index >= 15 is 0 Å². The lowest BCUT2D eigenvalue weighted by Gasteiger charge is -2.22. The second kappa shape index (κ2) is 14.3. The van der Waals surface area contributed by atoms with Gasteiger partial charge in [0.25, 0.3) is 5.78 Å². The second-order valence-electron chi connectivity index (χ2n) is 10.9. The van der Waals surface area contributed by atoms with Gasteiger partial charge in [-0.3, -0.25) is 14.5 Å². The van der Waals surface area contributed by atoms with Gasteiger partial charge in [0.1, 0.15) is 18.1 Å². The largest absolute Gasteiger partial charge is 0.507 e. The summed E-state index contributed by atoms with van der Waals surface area (Å²) in [4.78, 5) is 28.6. The summed E-state index contributed by atoms with van der Waals surface area (Å²) in [6.07, 6.45) is 0.827. The van der Waals surface area contributed by atoms with Crippen LogP contribution in [0.4, 0.5) is 5.13 Å². The van der Waals surface area contributed by atoms with E-state index in [1.807, 2.05) is 68.4 Å². The van der Waals surface area contributed by atoms with Gasteiger partial charge in [-0.05, 0) is 77.6 Å². The number of thioether (sulfide) groups is 1. The summed E-state index contributed by atoms with van der Waals surface area (Å²) in [5, 5.41) is 21.5. The Labute approximate surface area is 290 Å². The first-order valence-electron chi connectivity index (χ1n) is 14.8. The molecule has 0 saturated carbocycles. The first-order chi connectivity index (χ1) is 22.7. The number of aromatic nitrogens is 2. The van der Waals surface area contributed by atoms with E-state index in [2.05, 4.69) is 10.2 Å². The van der Waals surface area contributed by atoms with Crippen LogP contribution in [0, 0.1) is 6.92 Å². The van der Waals surface area contributed by atoms with Crippen LogP contribution < -0.4 is 9.64 Å². The number of amides is 1. The Balaban J connectivity index is 1.30. The monoisotopic (exact) mass is 701 g/mol. The molecule has 1 fully saturated rings. The summed E-state index contributed by atoms with van der Waals surface area (Å²) in [5.41, 5.74) is 5.20. The molecule has 2 heterocycles. The Morgan fingerprint density at radius 3 is 2.40 bits per heavy atom. The lowest BCUT2D eigenvalue weighted by Crippen LogP contribution is -2.29. The molecule has 238 valence electrons. The number of carbonyl (C=O) groups excluding carboxylic acids is 2. The summed E-state index contributed by atoms with van der Waals surface area (Å²) < 4.78 is 6.56. The van der Waals surface area contributed by atoms with Gasteiger partial charge in [0.15, 0.2) is 4.34 Å². The van der Waals surface area contributed by atoms with Crippen LogP contribution in [0.15, 0.2) is 101 Å². The SMILES string of the molecule is CCc1ccc(C2C(=C(O)c3ccc(OCc4ccccc4C)cc3)C(=O)C(=O)N2c2nnc(SCc3ccc(Cl)cc3Cl)s2)cc1. The van der Waals surface area contributed by atoms with Gasteiger partial charge in [0, 0.05) is 21.4 Å². The van der Waals surface area contributed by atoms with E-state index in [4.69, 9.17) is 27.9 Å². The molecule has 1 aliphatic rings. The van der Waals surface area contributed by atoms with E-state index < -0.39 is 17.7 Å². The number of aliphatic hydroxyl groups excluding tert-OH is 1. The number of rotatable bonds is 10. The lowest BCUT2D eigenvalue weighted by atomic mass is 9.94. The third-order valence-corrected chi connectivity index (χ3v) is 10.6. The van der Waals surface area contributed by atoms with Crippen LogP contribution in [-0.4, -0.2) is 27.0 Å². The van der Waals surface area contributed by atoms with Crippen molar-refractivity contribution in [2.45, 2.75) is 43.0 Å². The maximum absolute atomic E-state index is 13.6. The zero-order valence-electron chi connectivity index (χ0n) is 25.4. The molecule has 4 aromatic carbocycles. The van der Waals surface area contributed by atoms with Crippen molar-refractivity contribution in [2.24, 2.45) is 0 Å². The van der Waals surface area contributed by atoms with E-state index in [1.54, 1.807) is 36.4 Å². The van der Waals surface area contributed by atoms with E-state index in [1.165, 1.54) is 28.0 Å². The number of carbonyl (C=O) groups is 2. The van der Waals surface area contributed by atoms with E-state index in [-0.39, 0.29) is 16.5 Å². The van der Waals surface area contributed by atoms with Crippen molar-refractivity contribution in [3.63, 3.8) is 0 Å². The molecule has 5 aromatic rings. The Kier molecular flexibility index (Phi) is 9.98. The molecule has 0 radical (unpaired) electrons. The normalized spacial score (nSPS) is 15.7. The number of benzene rings is 4. The molecule has 7 nitrogen and oxygen atoms in total. The number of Topliss-reactive ketones (excluding diaryl/α,β-unsaturated/α-hetero) is 1. The summed E-state index contributed by atoms with van der Waals surface area (Å²) in [6, 6.07) is 26.8. The third-order valence-electron chi connectivity index (χ3n) is 7.90. The first-order valence-corrected chi connectivity index (χ1v) is 17.4. The van der Waals surface area contributed by atoms with Gasteiger partial charge in [0.05, 0.1) is 11.6 Å². The average Bonchev–Trinajstić information content (AvgIpc) is 3.65. The number of halogens is 2. The van der Waals surface area contributed by atoms with Gasteiger partial charge in [-0.15, -0.1) is 10.2 Å². The quantitative estimate of drug-likeness (QED) is 0.0510. The molecular formula is C36H29Cl2N3O4S2. The van der Waals surface area contributed by atoms with Gasteiger partial charge < -0.3 is 9.84 Å². The van der Waals surface area contributed by atoms with Crippen LogP contribution in [0.25, 0.3) is 5.76 Å². The molecule has 1 aromatic heterocycles. The zero-order chi connectivity index (χ0) is 33.1. The number of hydrogen-bond donors (Lipinski definition) is 1. The van der Waals surface area contributed by atoms with Gasteiger partial charge in [0.2, 0.25) is 5.13 Å². The Morgan fingerprint density at radius 2 is 1.70 bits per heavy atom. The average molecular weight is 703 g/mol. The maximum Gasteiger partial charge on any atom is 0.301 e. The highest BCUT2D eigenvalue weighted by molar-refractivity contribution is 8.00. The molecule has 0 aliphatic carbocycles. The molecule has 6 rings (SSSR count). The minimum absolute atomic E-state index is 0.0230. The van der Waals surface area contributed by atoms with Gasteiger partial charge in [-0.2, -0.15) is 0 Å². The predicted molar refractivity (Wildman–Crippen MR) is 188 cm³/mol. The molecule has 1 amide bonds.